The second-order valence-electron chi connectivity index (χ2n) is 8.28. The van der Waals surface area contributed by atoms with E-state index in [0.717, 1.165) is 49.3 Å². The molecule has 1 unspecified atom stereocenters. The monoisotopic (exact) mass is 412 g/mol. The summed E-state index contributed by atoms with van der Waals surface area (Å²) >= 11 is 0. The van der Waals surface area contributed by atoms with Gasteiger partial charge in [-0.15, -0.1) is 0 Å². The maximum absolute atomic E-state index is 6.09. The first-order chi connectivity index (χ1) is 15.2. The topological polar surface area (TPSA) is 51.0 Å². The first-order valence-corrected chi connectivity index (χ1v) is 11.4. The van der Waals surface area contributed by atoms with Gasteiger partial charge < -0.3 is 15.5 Å². The highest BCUT2D eigenvalue weighted by atomic mass is 16.5. The molecule has 0 aliphatic carbocycles. The van der Waals surface area contributed by atoms with E-state index in [0.29, 0.717) is 5.92 Å². The minimum absolute atomic E-state index is 0.558. The molecule has 1 heterocycles. The van der Waals surface area contributed by atoms with Crippen LogP contribution in [-0.2, 0) is 6.42 Å². The molecule has 31 heavy (non-hydrogen) atoms. The van der Waals surface area contributed by atoms with Crippen molar-refractivity contribution in [3.63, 3.8) is 0 Å². The number of rotatable bonds is 9. The Bertz CT molecular complexity index is 1130. The van der Waals surface area contributed by atoms with Crippen LogP contribution in [0.2, 0.25) is 0 Å². The summed E-state index contributed by atoms with van der Waals surface area (Å²) in [7, 11) is 0. The highest BCUT2D eigenvalue weighted by Crippen LogP contribution is 2.35. The SMILES string of the molecule is CCC(C)c1ccc2[nH]c(-c3cccc(Oc4ccccc4)c3)c(CCCCN)c2c1. The summed E-state index contributed by atoms with van der Waals surface area (Å²) in [4.78, 5) is 3.70. The van der Waals surface area contributed by atoms with Gasteiger partial charge in [-0.1, -0.05) is 50.2 Å². The Kier molecular flexibility index (Phi) is 6.73. The molecule has 0 aliphatic heterocycles. The first kappa shape index (κ1) is 21.2. The lowest BCUT2D eigenvalue weighted by molar-refractivity contribution is 0.483. The van der Waals surface area contributed by atoms with Crippen molar-refractivity contribution in [1.29, 1.82) is 0 Å². The molecule has 4 rings (SSSR count). The number of aryl methyl sites for hydroxylation is 1. The van der Waals surface area contributed by atoms with E-state index in [9.17, 15) is 0 Å². The van der Waals surface area contributed by atoms with Crippen molar-refractivity contribution in [3.8, 4) is 22.8 Å². The summed E-state index contributed by atoms with van der Waals surface area (Å²) in [5.41, 5.74) is 12.1. The van der Waals surface area contributed by atoms with E-state index in [-0.39, 0.29) is 0 Å². The Labute approximate surface area is 185 Å². The van der Waals surface area contributed by atoms with Crippen molar-refractivity contribution >= 4 is 10.9 Å². The third kappa shape index (κ3) is 4.83. The normalized spacial score (nSPS) is 12.2. The molecule has 3 aromatic carbocycles. The van der Waals surface area contributed by atoms with E-state index in [1.54, 1.807) is 0 Å². The van der Waals surface area contributed by atoms with Gasteiger partial charge >= 0.3 is 0 Å². The van der Waals surface area contributed by atoms with E-state index < -0.39 is 0 Å². The van der Waals surface area contributed by atoms with Crippen molar-refractivity contribution in [2.24, 2.45) is 5.73 Å². The molecule has 0 spiro atoms. The zero-order chi connectivity index (χ0) is 21.6. The fourth-order valence-electron chi connectivity index (χ4n) is 4.10. The molecule has 0 saturated heterocycles. The highest BCUT2D eigenvalue weighted by Gasteiger charge is 2.15. The predicted octanol–water partition coefficient (Wildman–Crippen LogP) is 7.42. The molecule has 0 fully saturated rings. The number of hydrogen-bond acceptors (Lipinski definition) is 2. The lowest BCUT2D eigenvalue weighted by atomic mass is 9.94. The lowest BCUT2D eigenvalue weighted by Crippen LogP contribution is -1.99. The molecular formula is C28H32N2O. The molecule has 3 heteroatoms. The van der Waals surface area contributed by atoms with Gasteiger partial charge in [-0.25, -0.2) is 0 Å². The van der Waals surface area contributed by atoms with Crippen molar-refractivity contribution < 1.29 is 4.74 Å². The molecule has 1 aromatic heterocycles. The van der Waals surface area contributed by atoms with E-state index in [2.05, 4.69) is 55.2 Å². The minimum atomic E-state index is 0.558. The van der Waals surface area contributed by atoms with Crippen molar-refractivity contribution in [2.75, 3.05) is 6.54 Å². The molecule has 0 bridgehead atoms. The number of unbranched alkanes of at least 4 members (excludes halogenated alkanes) is 1. The quantitative estimate of drug-likeness (QED) is 0.281. The number of benzene rings is 3. The van der Waals surface area contributed by atoms with Crippen LogP contribution in [0.1, 0.15) is 50.2 Å². The van der Waals surface area contributed by atoms with Crippen LogP contribution < -0.4 is 10.5 Å². The number of nitrogens with one attached hydrogen (secondary N) is 1. The fraction of sp³-hybridized carbons (Fsp3) is 0.286. The average molecular weight is 413 g/mol. The van der Waals surface area contributed by atoms with Gasteiger partial charge in [-0.2, -0.15) is 0 Å². The molecule has 3 N–H and O–H groups in total. The third-order valence-electron chi connectivity index (χ3n) is 6.09. The van der Waals surface area contributed by atoms with Crippen LogP contribution in [0.25, 0.3) is 22.2 Å². The molecule has 0 aliphatic rings. The summed E-state index contributed by atoms with van der Waals surface area (Å²) in [5.74, 6) is 2.25. The van der Waals surface area contributed by atoms with Crippen LogP contribution >= 0.6 is 0 Å². The molecular weight excluding hydrogens is 380 g/mol. The molecule has 0 radical (unpaired) electrons. The van der Waals surface area contributed by atoms with Gasteiger partial charge in [0.1, 0.15) is 11.5 Å². The van der Waals surface area contributed by atoms with Crippen LogP contribution in [0.4, 0.5) is 0 Å². The van der Waals surface area contributed by atoms with Gasteiger partial charge in [0.05, 0.1) is 0 Å². The Hall–Kier alpha value is -3.04. The number of hydrogen-bond donors (Lipinski definition) is 2. The fourth-order valence-corrected chi connectivity index (χ4v) is 4.10. The van der Waals surface area contributed by atoms with E-state index in [1.165, 1.54) is 27.7 Å². The maximum atomic E-state index is 6.09. The van der Waals surface area contributed by atoms with Gasteiger partial charge in [0.2, 0.25) is 0 Å². The average Bonchev–Trinajstić information content (AvgIpc) is 3.17. The zero-order valence-electron chi connectivity index (χ0n) is 18.5. The second kappa shape index (κ2) is 9.84. The summed E-state index contributed by atoms with van der Waals surface area (Å²) in [6, 6.07) is 25.1. The van der Waals surface area contributed by atoms with Gasteiger partial charge in [0.25, 0.3) is 0 Å². The minimum Gasteiger partial charge on any atom is -0.457 e. The summed E-state index contributed by atoms with van der Waals surface area (Å²) in [6.45, 7) is 5.28. The molecule has 4 aromatic rings. The van der Waals surface area contributed by atoms with Gasteiger partial charge in [0.15, 0.2) is 0 Å². The van der Waals surface area contributed by atoms with Crippen LogP contribution in [0.15, 0.2) is 72.8 Å². The van der Waals surface area contributed by atoms with Crippen molar-refractivity contribution in [3.05, 3.63) is 83.9 Å². The summed E-state index contributed by atoms with van der Waals surface area (Å²) in [6.07, 6.45) is 4.28. The van der Waals surface area contributed by atoms with Crippen molar-refractivity contribution in [2.45, 2.75) is 45.4 Å². The number of aromatic nitrogens is 1. The smallest absolute Gasteiger partial charge is 0.128 e. The first-order valence-electron chi connectivity index (χ1n) is 11.4. The second-order valence-corrected chi connectivity index (χ2v) is 8.28. The Morgan fingerprint density at radius 1 is 0.903 bits per heavy atom. The number of fused-ring (bicyclic) bond motifs is 1. The Balaban J connectivity index is 1.75. The largest absolute Gasteiger partial charge is 0.457 e. The zero-order valence-corrected chi connectivity index (χ0v) is 18.5. The standard InChI is InChI=1S/C28H32N2O/c1-3-20(2)21-15-16-27-26(19-21)25(14-7-8-17-29)28(30-27)22-10-9-13-24(18-22)31-23-11-5-4-6-12-23/h4-6,9-13,15-16,18-20,30H,3,7-8,14,17,29H2,1-2H3. The number of H-pyrrole nitrogens is 1. The Morgan fingerprint density at radius 2 is 1.71 bits per heavy atom. The van der Waals surface area contributed by atoms with Gasteiger partial charge in [-0.05, 0) is 85.7 Å². The molecule has 160 valence electrons. The van der Waals surface area contributed by atoms with E-state index >= 15 is 0 Å². The predicted molar refractivity (Wildman–Crippen MR) is 131 cm³/mol. The lowest BCUT2D eigenvalue weighted by Gasteiger charge is -2.10. The number of ether oxygens (including phenoxy) is 1. The third-order valence-corrected chi connectivity index (χ3v) is 6.09. The van der Waals surface area contributed by atoms with Crippen LogP contribution in [0.5, 0.6) is 11.5 Å². The molecule has 3 nitrogen and oxygen atoms in total. The van der Waals surface area contributed by atoms with Gasteiger partial charge in [0, 0.05) is 22.2 Å². The molecule has 1 atom stereocenters. The number of nitrogens with two attached hydrogens (primary N) is 1. The van der Waals surface area contributed by atoms with Crippen LogP contribution in [0, 0.1) is 0 Å². The van der Waals surface area contributed by atoms with Gasteiger partial charge in [-0.3, -0.25) is 0 Å². The van der Waals surface area contributed by atoms with Crippen molar-refractivity contribution in [1.82, 2.24) is 4.98 Å². The van der Waals surface area contributed by atoms with Crippen LogP contribution in [0.3, 0.4) is 0 Å². The highest BCUT2D eigenvalue weighted by molar-refractivity contribution is 5.91. The van der Waals surface area contributed by atoms with E-state index in [4.69, 9.17) is 10.5 Å². The molecule has 0 amide bonds. The molecule has 0 saturated carbocycles. The van der Waals surface area contributed by atoms with E-state index in [1.807, 2.05) is 36.4 Å². The number of aromatic amines is 1. The summed E-state index contributed by atoms with van der Waals surface area (Å²) in [5, 5.41) is 1.33. The maximum Gasteiger partial charge on any atom is 0.128 e. The summed E-state index contributed by atoms with van der Waals surface area (Å²) < 4.78 is 6.09. The Morgan fingerprint density at radius 3 is 2.48 bits per heavy atom. The van der Waals surface area contributed by atoms with Crippen LogP contribution in [-0.4, -0.2) is 11.5 Å². The number of para-hydroxylation sites is 1.